The molecule has 2 heterocycles. The molecule has 0 saturated carbocycles. The first-order valence-electron chi connectivity index (χ1n) is 6.19. The number of carbonyl (C=O) groups is 1. The summed E-state index contributed by atoms with van der Waals surface area (Å²) >= 11 is 5.82. The van der Waals surface area contributed by atoms with Crippen molar-refractivity contribution in [2.75, 3.05) is 24.3 Å². The van der Waals surface area contributed by atoms with Crippen LogP contribution in [-0.4, -0.2) is 35.1 Å². The van der Waals surface area contributed by atoms with E-state index in [2.05, 4.69) is 9.97 Å². The zero-order chi connectivity index (χ0) is 14.0. The molecule has 2 N–H and O–H groups in total. The van der Waals surface area contributed by atoms with Gasteiger partial charge in [0.1, 0.15) is 5.54 Å². The van der Waals surface area contributed by atoms with E-state index < -0.39 is 5.54 Å². The normalized spacial score (nSPS) is 22.6. The number of ether oxygens (including phenoxy) is 1. The number of anilines is 2. The summed E-state index contributed by atoms with van der Waals surface area (Å²) in [5.74, 6) is 0.242. The summed E-state index contributed by atoms with van der Waals surface area (Å²) in [5.41, 5.74) is 5.61. The van der Waals surface area contributed by atoms with Crippen molar-refractivity contribution in [2.45, 2.75) is 31.7 Å². The van der Waals surface area contributed by atoms with Gasteiger partial charge in [0.05, 0.1) is 19.0 Å². The maximum Gasteiger partial charge on any atom is 0.331 e. The molecular weight excluding hydrogens is 268 g/mol. The zero-order valence-electron chi connectivity index (χ0n) is 11.0. The number of esters is 1. The Hall–Kier alpha value is -1.56. The van der Waals surface area contributed by atoms with E-state index in [1.54, 1.807) is 0 Å². The molecule has 0 aliphatic carbocycles. The highest BCUT2D eigenvalue weighted by Crippen LogP contribution is 2.39. The Labute approximate surface area is 116 Å². The third-order valence-corrected chi connectivity index (χ3v) is 3.84. The number of hydrogen-bond acceptors (Lipinski definition) is 6. The molecule has 2 rings (SSSR count). The van der Waals surface area contributed by atoms with Crippen LogP contribution < -0.4 is 10.6 Å². The van der Waals surface area contributed by atoms with Crippen molar-refractivity contribution in [1.82, 2.24) is 9.97 Å². The molecule has 19 heavy (non-hydrogen) atoms. The molecule has 1 aliphatic heterocycles. The molecule has 0 spiro atoms. The van der Waals surface area contributed by atoms with Gasteiger partial charge in [-0.25, -0.2) is 9.78 Å². The number of nitrogen functional groups attached to an aromatic ring is 1. The molecule has 0 aromatic carbocycles. The second-order valence-electron chi connectivity index (χ2n) is 4.55. The molecule has 1 aromatic heterocycles. The van der Waals surface area contributed by atoms with E-state index in [4.69, 9.17) is 22.1 Å². The van der Waals surface area contributed by atoms with Crippen LogP contribution in [0.2, 0.25) is 5.28 Å². The maximum absolute atomic E-state index is 12.2. The second-order valence-corrected chi connectivity index (χ2v) is 4.89. The van der Waals surface area contributed by atoms with Crippen LogP contribution in [0.1, 0.15) is 26.2 Å². The molecule has 0 amide bonds. The summed E-state index contributed by atoms with van der Waals surface area (Å²) in [6.07, 6.45) is 3.68. The highest BCUT2D eigenvalue weighted by atomic mass is 35.5. The number of rotatable bonds is 3. The number of hydrogen-bond donors (Lipinski definition) is 1. The minimum absolute atomic E-state index is 0.117. The van der Waals surface area contributed by atoms with Crippen molar-refractivity contribution in [2.24, 2.45) is 0 Å². The first-order chi connectivity index (χ1) is 9.05. The summed E-state index contributed by atoms with van der Waals surface area (Å²) in [6, 6.07) is 0. The van der Waals surface area contributed by atoms with E-state index in [9.17, 15) is 4.79 Å². The van der Waals surface area contributed by atoms with Gasteiger partial charge in [0.15, 0.2) is 5.82 Å². The molecule has 6 nitrogen and oxygen atoms in total. The Morgan fingerprint density at radius 3 is 3.05 bits per heavy atom. The zero-order valence-corrected chi connectivity index (χ0v) is 11.8. The summed E-state index contributed by atoms with van der Waals surface area (Å²) in [6.45, 7) is 2.65. The van der Waals surface area contributed by atoms with Gasteiger partial charge in [-0.2, -0.15) is 4.98 Å². The SMILES string of the molecule is CCC1(C(=O)OC)CCCN1c1nc(Cl)ncc1N. The van der Waals surface area contributed by atoms with Gasteiger partial charge in [0.25, 0.3) is 0 Å². The van der Waals surface area contributed by atoms with Crippen molar-refractivity contribution in [3.63, 3.8) is 0 Å². The average molecular weight is 285 g/mol. The predicted molar refractivity (Wildman–Crippen MR) is 73.1 cm³/mol. The third kappa shape index (κ3) is 2.20. The van der Waals surface area contributed by atoms with Crippen LogP contribution in [0.4, 0.5) is 11.5 Å². The minimum atomic E-state index is -0.708. The highest BCUT2D eigenvalue weighted by Gasteiger charge is 2.48. The lowest BCUT2D eigenvalue weighted by atomic mass is 9.93. The van der Waals surface area contributed by atoms with Crippen molar-refractivity contribution >= 4 is 29.1 Å². The van der Waals surface area contributed by atoms with Crippen molar-refractivity contribution in [1.29, 1.82) is 0 Å². The van der Waals surface area contributed by atoms with Crippen LogP contribution >= 0.6 is 11.6 Å². The Bertz CT molecular complexity index is 497. The molecule has 0 bridgehead atoms. The summed E-state index contributed by atoms with van der Waals surface area (Å²) in [5, 5.41) is 0.117. The lowest BCUT2D eigenvalue weighted by Gasteiger charge is -2.36. The molecule has 1 unspecified atom stereocenters. The number of halogens is 1. The molecule has 1 aromatic rings. The predicted octanol–water partition coefficient (Wildman–Crippen LogP) is 1.63. The van der Waals surface area contributed by atoms with Gasteiger partial charge >= 0.3 is 5.97 Å². The van der Waals surface area contributed by atoms with Crippen molar-refractivity contribution in [3.05, 3.63) is 11.5 Å². The largest absolute Gasteiger partial charge is 0.467 e. The lowest BCUT2D eigenvalue weighted by molar-refractivity contribution is -0.146. The van der Waals surface area contributed by atoms with E-state index in [0.29, 0.717) is 24.5 Å². The van der Waals surface area contributed by atoms with Crippen LogP contribution in [0, 0.1) is 0 Å². The standard InChI is InChI=1S/C12H17ClN4O2/c1-3-12(10(18)19-2)5-4-6-17(12)9-8(14)7-15-11(13)16-9/h7H,3-6,14H2,1-2H3. The molecule has 7 heteroatoms. The third-order valence-electron chi connectivity index (χ3n) is 3.66. The van der Waals surface area contributed by atoms with E-state index in [1.807, 2.05) is 11.8 Å². The van der Waals surface area contributed by atoms with Crippen LogP contribution in [0.25, 0.3) is 0 Å². The van der Waals surface area contributed by atoms with Gasteiger partial charge in [-0.05, 0) is 30.9 Å². The minimum Gasteiger partial charge on any atom is -0.467 e. The molecule has 1 atom stereocenters. The molecule has 1 fully saturated rings. The maximum atomic E-state index is 12.2. The number of aromatic nitrogens is 2. The Morgan fingerprint density at radius 1 is 1.68 bits per heavy atom. The highest BCUT2D eigenvalue weighted by molar-refractivity contribution is 6.28. The molecule has 104 valence electrons. The first kappa shape index (κ1) is 13.9. The Balaban J connectivity index is 2.47. The van der Waals surface area contributed by atoms with E-state index in [1.165, 1.54) is 13.3 Å². The van der Waals surface area contributed by atoms with Gasteiger partial charge in [0, 0.05) is 6.54 Å². The topological polar surface area (TPSA) is 81.3 Å². The lowest BCUT2D eigenvalue weighted by Crippen LogP contribution is -2.51. The van der Waals surface area contributed by atoms with Crippen LogP contribution in [0.15, 0.2) is 6.20 Å². The monoisotopic (exact) mass is 284 g/mol. The summed E-state index contributed by atoms with van der Waals surface area (Å²) in [4.78, 5) is 22.1. The van der Waals surface area contributed by atoms with E-state index in [-0.39, 0.29) is 11.3 Å². The van der Waals surface area contributed by atoms with Crippen molar-refractivity contribution in [3.8, 4) is 0 Å². The van der Waals surface area contributed by atoms with E-state index in [0.717, 1.165) is 12.8 Å². The van der Waals surface area contributed by atoms with Gasteiger partial charge in [-0.1, -0.05) is 6.92 Å². The number of nitrogens with zero attached hydrogens (tertiary/aromatic N) is 3. The Morgan fingerprint density at radius 2 is 2.42 bits per heavy atom. The number of carbonyl (C=O) groups excluding carboxylic acids is 1. The fourth-order valence-electron chi connectivity index (χ4n) is 2.68. The summed E-state index contributed by atoms with van der Waals surface area (Å²) < 4.78 is 4.95. The van der Waals surface area contributed by atoms with Crippen molar-refractivity contribution < 1.29 is 9.53 Å². The molecular formula is C12H17ClN4O2. The number of nitrogens with two attached hydrogens (primary N) is 1. The Kier molecular flexibility index (Phi) is 3.80. The van der Waals surface area contributed by atoms with Gasteiger partial charge in [0.2, 0.25) is 5.28 Å². The van der Waals surface area contributed by atoms with E-state index >= 15 is 0 Å². The van der Waals surface area contributed by atoms with Crippen LogP contribution in [0.5, 0.6) is 0 Å². The van der Waals surface area contributed by atoms with Crippen LogP contribution in [0.3, 0.4) is 0 Å². The second kappa shape index (κ2) is 5.21. The average Bonchev–Trinajstić information content (AvgIpc) is 2.85. The van der Waals surface area contributed by atoms with Crippen LogP contribution in [-0.2, 0) is 9.53 Å². The molecule has 1 saturated heterocycles. The molecule has 0 radical (unpaired) electrons. The number of methoxy groups -OCH3 is 1. The fourth-order valence-corrected chi connectivity index (χ4v) is 2.81. The van der Waals surface area contributed by atoms with Gasteiger partial charge in [-0.15, -0.1) is 0 Å². The van der Waals surface area contributed by atoms with Gasteiger partial charge < -0.3 is 15.4 Å². The summed E-state index contributed by atoms with van der Waals surface area (Å²) in [7, 11) is 1.40. The first-order valence-corrected chi connectivity index (χ1v) is 6.57. The fraction of sp³-hybridized carbons (Fsp3) is 0.583. The van der Waals surface area contributed by atoms with Gasteiger partial charge in [-0.3, -0.25) is 0 Å². The smallest absolute Gasteiger partial charge is 0.331 e. The molecule has 1 aliphatic rings. The quantitative estimate of drug-likeness (QED) is 0.671.